The van der Waals surface area contributed by atoms with Crippen LogP contribution in [-0.2, 0) is 33.3 Å². The Balaban J connectivity index is 3.99. The normalized spacial score (nSPS) is 13.3. The fourth-order valence-corrected chi connectivity index (χ4v) is 9.57. The van der Waals surface area contributed by atoms with Crippen molar-refractivity contribution in [3.63, 3.8) is 0 Å². The van der Waals surface area contributed by atoms with Crippen LogP contribution >= 0.6 is 0 Å². The van der Waals surface area contributed by atoms with E-state index in [0.29, 0.717) is 17.4 Å². The second kappa shape index (κ2) is 64.2. The third-order valence-corrected chi connectivity index (χ3v) is 14.8. The zero-order valence-corrected chi connectivity index (χ0v) is 54.5. The van der Waals surface area contributed by atoms with Crippen molar-refractivity contribution in [2.75, 3.05) is 47.5 Å². The minimum absolute atomic E-state index is 0.145. The van der Waals surface area contributed by atoms with E-state index in [1.165, 1.54) is 173 Å². The van der Waals surface area contributed by atoms with E-state index in [9.17, 15) is 19.5 Å². The molecule has 0 heterocycles. The number of carbonyl (C=O) groups is 3. The Morgan fingerprint density at radius 2 is 0.687 bits per heavy atom. The summed E-state index contributed by atoms with van der Waals surface area (Å²) in [5.41, 5.74) is 0. The van der Waals surface area contributed by atoms with Crippen LogP contribution < -0.4 is 5.11 Å². The highest BCUT2D eigenvalue weighted by Gasteiger charge is 2.22. The Hall–Kier alpha value is -3.79. The number of allylic oxidation sites excluding steroid dienone is 16. The number of hydrogen-bond acceptors (Lipinski definition) is 8. The summed E-state index contributed by atoms with van der Waals surface area (Å²) in [5, 5.41) is 11.8. The molecular formula is C74H129NO8. The number of carboxylic acid groups (broad SMARTS) is 1. The molecule has 0 bridgehead atoms. The Bertz CT molecular complexity index is 1680. The van der Waals surface area contributed by atoms with Gasteiger partial charge in [-0.25, -0.2) is 0 Å². The molecule has 478 valence electrons. The molecule has 0 radical (unpaired) electrons. The summed E-state index contributed by atoms with van der Waals surface area (Å²) in [6, 6.07) is 0. The number of carboxylic acids is 1. The molecule has 0 aromatic rings. The number of quaternary nitrogens is 1. The van der Waals surface area contributed by atoms with Gasteiger partial charge in [0.2, 0.25) is 0 Å². The highest BCUT2D eigenvalue weighted by atomic mass is 16.7. The number of ether oxygens (including phenoxy) is 4. The number of carbonyl (C=O) groups excluding carboxylic acids is 3. The number of unbranched alkanes of at least 4 members (excludes halogenated alkanes) is 32. The SMILES string of the molecule is CC/C=C\C/C=C\C/C=C\C/C=C\C/C=C\C/C=C\CCCCCCCCCCCCCCCCCCCCCCCCC(=O)OC(COC(=O)CCCCCCCCC/C=C\C/C=C\CCCCC)COC(OCC[N+](C)(C)C)C(=O)[O-]. The maximum Gasteiger partial charge on any atom is 0.306 e. The lowest BCUT2D eigenvalue weighted by molar-refractivity contribution is -0.870. The number of esters is 2. The van der Waals surface area contributed by atoms with Gasteiger partial charge in [-0.3, -0.25) is 9.59 Å². The highest BCUT2D eigenvalue weighted by molar-refractivity contribution is 5.70. The Labute approximate surface area is 512 Å². The number of hydrogen-bond donors (Lipinski definition) is 0. The quantitative estimate of drug-likeness (QED) is 0.0195. The van der Waals surface area contributed by atoms with Crippen molar-refractivity contribution < 1.29 is 42.9 Å². The molecule has 2 unspecified atom stereocenters. The van der Waals surface area contributed by atoms with Crippen LogP contribution in [0.15, 0.2) is 97.2 Å². The molecule has 0 rings (SSSR count). The van der Waals surface area contributed by atoms with Gasteiger partial charge in [0.1, 0.15) is 13.2 Å². The summed E-state index contributed by atoms with van der Waals surface area (Å²) in [6.07, 6.45) is 85.0. The Morgan fingerprint density at radius 3 is 1.02 bits per heavy atom. The molecule has 9 nitrogen and oxygen atoms in total. The van der Waals surface area contributed by atoms with Crippen LogP contribution in [-0.4, -0.2) is 82.3 Å². The van der Waals surface area contributed by atoms with E-state index in [1.54, 1.807) is 0 Å². The molecule has 0 N–H and O–H groups in total. The summed E-state index contributed by atoms with van der Waals surface area (Å²) in [5.74, 6) is -2.28. The van der Waals surface area contributed by atoms with Crippen LogP contribution in [0.3, 0.4) is 0 Å². The third-order valence-electron chi connectivity index (χ3n) is 14.8. The second-order valence-corrected chi connectivity index (χ2v) is 24.1. The van der Waals surface area contributed by atoms with E-state index < -0.39 is 24.3 Å². The number of rotatable bonds is 63. The van der Waals surface area contributed by atoms with E-state index in [2.05, 4.69) is 111 Å². The molecule has 9 heteroatoms. The van der Waals surface area contributed by atoms with Crippen LogP contribution in [0, 0.1) is 0 Å². The molecule has 0 saturated heterocycles. The van der Waals surface area contributed by atoms with Crippen molar-refractivity contribution in [3.05, 3.63) is 97.2 Å². The lowest BCUT2D eigenvalue weighted by atomic mass is 10.0. The average molecular weight is 1160 g/mol. The maximum atomic E-state index is 12.9. The predicted molar refractivity (Wildman–Crippen MR) is 352 cm³/mol. The number of aliphatic carboxylic acids is 1. The van der Waals surface area contributed by atoms with E-state index in [1.807, 2.05) is 21.1 Å². The van der Waals surface area contributed by atoms with Gasteiger partial charge < -0.3 is 33.3 Å². The van der Waals surface area contributed by atoms with Gasteiger partial charge in [-0.05, 0) is 96.3 Å². The standard InChI is InChI=1S/C74H129NO8/c1-6-8-10-12-14-16-18-20-22-24-25-26-27-28-29-30-31-32-33-34-35-36-37-38-39-40-41-42-43-44-45-46-47-49-51-53-55-57-59-61-63-65-72(77)83-70(69-82-74(73(78)79)80-67-66-75(3,4)5)68-81-71(76)64-62-60-58-56-54-52-50-48-23-21-19-17-15-13-11-9-7-2/h8,10,14-17,20-23,25-26,28-29,31-32,70,74H,6-7,9,11-13,18-19,24,27,30,33-69H2,1-5H3/b10-8-,16-14-,17-15-,22-20-,23-21-,26-25-,29-28-,32-31-. The van der Waals surface area contributed by atoms with Gasteiger partial charge in [0, 0.05) is 12.8 Å². The lowest BCUT2D eigenvalue weighted by Gasteiger charge is -2.26. The summed E-state index contributed by atoms with van der Waals surface area (Å²) in [7, 11) is 5.93. The first-order chi connectivity index (χ1) is 40.6. The summed E-state index contributed by atoms with van der Waals surface area (Å²) >= 11 is 0. The molecule has 0 aliphatic carbocycles. The molecule has 0 aromatic heterocycles. The number of likely N-dealkylation sites (N-methyl/N-ethyl adjacent to an activating group) is 1. The fourth-order valence-electron chi connectivity index (χ4n) is 9.57. The van der Waals surface area contributed by atoms with Crippen molar-refractivity contribution >= 4 is 17.9 Å². The largest absolute Gasteiger partial charge is 0.545 e. The molecule has 0 spiro atoms. The molecule has 0 saturated carbocycles. The Morgan fingerprint density at radius 1 is 0.373 bits per heavy atom. The molecule has 83 heavy (non-hydrogen) atoms. The van der Waals surface area contributed by atoms with Gasteiger partial charge in [0.25, 0.3) is 0 Å². The van der Waals surface area contributed by atoms with E-state index in [4.69, 9.17) is 18.9 Å². The van der Waals surface area contributed by atoms with Crippen molar-refractivity contribution in [3.8, 4) is 0 Å². The monoisotopic (exact) mass is 1160 g/mol. The zero-order chi connectivity index (χ0) is 60.5. The van der Waals surface area contributed by atoms with E-state index in [0.717, 1.165) is 89.9 Å². The fraction of sp³-hybridized carbons (Fsp3) is 0.743. The van der Waals surface area contributed by atoms with Crippen LogP contribution in [0.1, 0.15) is 296 Å². The Kier molecular flexibility index (Phi) is 61.3. The molecule has 2 atom stereocenters. The molecule has 0 aliphatic rings. The van der Waals surface area contributed by atoms with Crippen molar-refractivity contribution in [2.45, 2.75) is 309 Å². The van der Waals surface area contributed by atoms with Gasteiger partial charge in [0.15, 0.2) is 12.4 Å². The predicted octanol–water partition coefficient (Wildman–Crippen LogP) is 19.9. The summed E-state index contributed by atoms with van der Waals surface area (Å²) < 4.78 is 22.8. The summed E-state index contributed by atoms with van der Waals surface area (Å²) in [6.45, 7) is 4.62. The van der Waals surface area contributed by atoms with Crippen molar-refractivity contribution in [1.29, 1.82) is 0 Å². The first-order valence-electron chi connectivity index (χ1n) is 34.4. The van der Waals surface area contributed by atoms with Crippen LogP contribution in [0.25, 0.3) is 0 Å². The van der Waals surface area contributed by atoms with Crippen LogP contribution in [0.5, 0.6) is 0 Å². The minimum atomic E-state index is -1.62. The first-order valence-corrected chi connectivity index (χ1v) is 34.4. The number of nitrogens with zero attached hydrogens (tertiary/aromatic N) is 1. The van der Waals surface area contributed by atoms with Crippen molar-refractivity contribution in [1.82, 2.24) is 0 Å². The molecule has 0 fully saturated rings. The molecule has 0 aliphatic heterocycles. The minimum Gasteiger partial charge on any atom is -0.545 e. The van der Waals surface area contributed by atoms with Gasteiger partial charge >= 0.3 is 11.9 Å². The maximum absolute atomic E-state index is 12.9. The smallest absolute Gasteiger partial charge is 0.306 e. The first kappa shape index (κ1) is 79.2. The lowest BCUT2D eigenvalue weighted by Crippen LogP contribution is -2.44. The highest BCUT2D eigenvalue weighted by Crippen LogP contribution is 2.17. The molecule has 0 aromatic carbocycles. The topological polar surface area (TPSA) is 111 Å². The van der Waals surface area contributed by atoms with E-state index in [-0.39, 0.29) is 38.6 Å². The van der Waals surface area contributed by atoms with Gasteiger partial charge in [-0.15, -0.1) is 0 Å². The van der Waals surface area contributed by atoms with Gasteiger partial charge in [-0.1, -0.05) is 284 Å². The zero-order valence-electron chi connectivity index (χ0n) is 54.5. The second-order valence-electron chi connectivity index (χ2n) is 24.1. The van der Waals surface area contributed by atoms with E-state index >= 15 is 0 Å². The summed E-state index contributed by atoms with van der Waals surface area (Å²) in [4.78, 5) is 37.4. The molecule has 0 amide bonds. The van der Waals surface area contributed by atoms with Crippen molar-refractivity contribution in [2.24, 2.45) is 0 Å². The van der Waals surface area contributed by atoms with Gasteiger partial charge in [0.05, 0.1) is 40.3 Å². The molecular weight excluding hydrogens is 1030 g/mol. The third kappa shape index (κ3) is 65.6. The average Bonchev–Trinajstić information content (AvgIpc) is 3.46. The van der Waals surface area contributed by atoms with Gasteiger partial charge in [-0.2, -0.15) is 0 Å². The van der Waals surface area contributed by atoms with Crippen LogP contribution in [0.2, 0.25) is 0 Å². The van der Waals surface area contributed by atoms with Crippen LogP contribution in [0.4, 0.5) is 0 Å².